The molecule has 1 N–H and O–H groups in total. The van der Waals surface area contributed by atoms with Crippen LogP contribution in [-0.2, 0) is 6.42 Å². The average Bonchev–Trinajstić information content (AvgIpc) is 2.80. The summed E-state index contributed by atoms with van der Waals surface area (Å²) in [5.41, 5.74) is -0.421. The van der Waals surface area contributed by atoms with Crippen molar-refractivity contribution in [3.05, 3.63) is 22.4 Å². The van der Waals surface area contributed by atoms with Crippen LogP contribution in [0.1, 0.15) is 38.0 Å². The van der Waals surface area contributed by atoms with Crippen LogP contribution in [0.3, 0.4) is 0 Å². The predicted octanol–water partition coefficient (Wildman–Crippen LogP) is 2.92. The molecule has 0 aromatic carbocycles. The molecule has 0 saturated carbocycles. The van der Waals surface area contributed by atoms with Gasteiger partial charge in [-0.25, -0.2) is 0 Å². The van der Waals surface area contributed by atoms with Gasteiger partial charge in [0, 0.05) is 24.0 Å². The van der Waals surface area contributed by atoms with Gasteiger partial charge in [0.15, 0.2) is 0 Å². The number of aliphatic hydroxyl groups is 1. The molecule has 0 radical (unpaired) electrons. The van der Waals surface area contributed by atoms with Gasteiger partial charge in [-0.15, -0.1) is 11.3 Å². The van der Waals surface area contributed by atoms with Gasteiger partial charge >= 0.3 is 0 Å². The van der Waals surface area contributed by atoms with E-state index < -0.39 is 5.60 Å². The SMILES string of the molecule is CC(C)N1CCC(O)(CCc2cccs2)CC1. The fourth-order valence-electron chi connectivity index (χ4n) is 2.52. The first kappa shape index (κ1) is 13.1. The van der Waals surface area contributed by atoms with E-state index in [-0.39, 0.29) is 0 Å². The molecule has 2 heterocycles. The minimum atomic E-state index is -0.421. The van der Waals surface area contributed by atoms with Gasteiger partial charge in [0.2, 0.25) is 0 Å². The topological polar surface area (TPSA) is 23.5 Å². The van der Waals surface area contributed by atoms with E-state index in [0.717, 1.165) is 38.8 Å². The Labute approximate surface area is 108 Å². The summed E-state index contributed by atoms with van der Waals surface area (Å²) in [6.07, 6.45) is 3.79. The van der Waals surface area contributed by atoms with Crippen LogP contribution in [0, 0.1) is 0 Å². The van der Waals surface area contributed by atoms with E-state index in [1.807, 2.05) is 0 Å². The first-order chi connectivity index (χ1) is 8.09. The van der Waals surface area contributed by atoms with E-state index in [1.165, 1.54) is 4.88 Å². The van der Waals surface area contributed by atoms with Gasteiger partial charge in [-0.1, -0.05) is 6.07 Å². The van der Waals surface area contributed by atoms with Crippen molar-refractivity contribution in [2.75, 3.05) is 13.1 Å². The lowest BCUT2D eigenvalue weighted by Gasteiger charge is -2.40. The zero-order valence-corrected chi connectivity index (χ0v) is 11.7. The minimum Gasteiger partial charge on any atom is -0.390 e. The van der Waals surface area contributed by atoms with E-state index in [4.69, 9.17) is 0 Å². The molecule has 0 bridgehead atoms. The van der Waals surface area contributed by atoms with E-state index in [1.54, 1.807) is 11.3 Å². The summed E-state index contributed by atoms with van der Waals surface area (Å²) in [6.45, 7) is 6.54. The van der Waals surface area contributed by atoms with Crippen LogP contribution < -0.4 is 0 Å². The van der Waals surface area contributed by atoms with E-state index in [2.05, 4.69) is 36.3 Å². The van der Waals surface area contributed by atoms with Gasteiger partial charge in [-0.05, 0) is 51.0 Å². The highest BCUT2D eigenvalue weighted by Crippen LogP contribution is 2.28. The normalized spacial score (nSPS) is 20.9. The van der Waals surface area contributed by atoms with Crippen molar-refractivity contribution >= 4 is 11.3 Å². The molecule has 0 amide bonds. The number of thiophene rings is 1. The number of aryl methyl sites for hydroxylation is 1. The Balaban J connectivity index is 1.81. The lowest BCUT2D eigenvalue weighted by Crippen LogP contribution is -2.46. The summed E-state index contributed by atoms with van der Waals surface area (Å²) >= 11 is 1.79. The minimum absolute atomic E-state index is 0.421. The largest absolute Gasteiger partial charge is 0.390 e. The summed E-state index contributed by atoms with van der Waals surface area (Å²) in [7, 11) is 0. The third-order valence-corrected chi connectivity index (χ3v) is 4.81. The van der Waals surface area contributed by atoms with Crippen LogP contribution in [0.25, 0.3) is 0 Å². The summed E-state index contributed by atoms with van der Waals surface area (Å²) in [5, 5.41) is 12.7. The number of rotatable bonds is 4. The predicted molar refractivity (Wildman–Crippen MR) is 73.5 cm³/mol. The summed E-state index contributed by atoms with van der Waals surface area (Å²) in [6, 6.07) is 4.86. The second-order valence-corrected chi connectivity index (χ2v) is 6.47. The van der Waals surface area contributed by atoms with Crippen molar-refractivity contribution in [1.82, 2.24) is 4.90 Å². The highest BCUT2D eigenvalue weighted by molar-refractivity contribution is 7.09. The molecule has 0 atom stereocenters. The van der Waals surface area contributed by atoms with E-state index in [0.29, 0.717) is 6.04 Å². The number of nitrogens with zero attached hydrogens (tertiary/aromatic N) is 1. The lowest BCUT2D eigenvalue weighted by atomic mass is 9.86. The summed E-state index contributed by atoms with van der Waals surface area (Å²) in [5.74, 6) is 0. The molecule has 1 fully saturated rings. The first-order valence-corrected chi connectivity index (χ1v) is 7.46. The smallest absolute Gasteiger partial charge is 0.0675 e. The van der Waals surface area contributed by atoms with Crippen molar-refractivity contribution in [2.45, 2.75) is 51.2 Å². The molecule has 1 aliphatic rings. The summed E-state index contributed by atoms with van der Waals surface area (Å²) in [4.78, 5) is 3.85. The lowest BCUT2D eigenvalue weighted by molar-refractivity contribution is -0.0333. The first-order valence-electron chi connectivity index (χ1n) is 6.58. The molecule has 2 nitrogen and oxygen atoms in total. The molecule has 1 aromatic heterocycles. The molecule has 1 saturated heterocycles. The van der Waals surface area contributed by atoms with Gasteiger partial charge < -0.3 is 10.0 Å². The molecule has 17 heavy (non-hydrogen) atoms. The zero-order chi connectivity index (χ0) is 12.3. The van der Waals surface area contributed by atoms with Gasteiger partial charge in [0.25, 0.3) is 0 Å². The quantitative estimate of drug-likeness (QED) is 0.892. The molecule has 96 valence electrons. The molecule has 1 aromatic rings. The van der Waals surface area contributed by atoms with E-state index in [9.17, 15) is 5.11 Å². The maximum atomic E-state index is 10.5. The highest BCUT2D eigenvalue weighted by atomic mass is 32.1. The Hall–Kier alpha value is -0.380. The van der Waals surface area contributed by atoms with Gasteiger partial charge in [-0.3, -0.25) is 0 Å². The number of likely N-dealkylation sites (tertiary alicyclic amines) is 1. The van der Waals surface area contributed by atoms with Gasteiger partial charge in [-0.2, -0.15) is 0 Å². The standard InChI is InChI=1S/C14H23NOS/c1-12(2)15-9-7-14(16,8-10-15)6-5-13-4-3-11-17-13/h3-4,11-12,16H,5-10H2,1-2H3. The average molecular weight is 253 g/mol. The van der Waals surface area contributed by atoms with E-state index >= 15 is 0 Å². The second kappa shape index (κ2) is 5.51. The second-order valence-electron chi connectivity index (χ2n) is 5.43. The molecule has 3 heteroatoms. The molecule has 1 aliphatic heterocycles. The van der Waals surface area contributed by atoms with Crippen LogP contribution in [0.4, 0.5) is 0 Å². The Morgan fingerprint density at radius 2 is 2.12 bits per heavy atom. The van der Waals surface area contributed by atoms with Crippen molar-refractivity contribution in [3.8, 4) is 0 Å². The van der Waals surface area contributed by atoms with Gasteiger partial charge in [0.05, 0.1) is 5.60 Å². The molecule has 0 unspecified atom stereocenters. The third kappa shape index (κ3) is 3.54. The Bertz CT molecular complexity index is 326. The Morgan fingerprint density at radius 3 is 2.65 bits per heavy atom. The summed E-state index contributed by atoms with van der Waals surface area (Å²) < 4.78 is 0. The van der Waals surface area contributed by atoms with Crippen LogP contribution in [0.2, 0.25) is 0 Å². The Kier molecular flexibility index (Phi) is 4.23. The monoisotopic (exact) mass is 253 g/mol. The van der Waals surface area contributed by atoms with Crippen LogP contribution in [-0.4, -0.2) is 34.7 Å². The fraction of sp³-hybridized carbons (Fsp3) is 0.714. The fourth-order valence-corrected chi connectivity index (χ4v) is 3.23. The van der Waals surface area contributed by atoms with Crippen molar-refractivity contribution < 1.29 is 5.11 Å². The number of piperidine rings is 1. The molecular weight excluding hydrogens is 230 g/mol. The van der Waals surface area contributed by atoms with Crippen LogP contribution >= 0.6 is 11.3 Å². The number of hydrogen-bond donors (Lipinski definition) is 1. The maximum Gasteiger partial charge on any atom is 0.0675 e. The molecular formula is C14H23NOS. The zero-order valence-electron chi connectivity index (χ0n) is 10.9. The van der Waals surface area contributed by atoms with Crippen LogP contribution in [0.5, 0.6) is 0 Å². The van der Waals surface area contributed by atoms with Crippen molar-refractivity contribution in [1.29, 1.82) is 0 Å². The molecule has 2 rings (SSSR count). The number of hydrogen-bond acceptors (Lipinski definition) is 3. The third-order valence-electron chi connectivity index (χ3n) is 3.88. The molecule has 0 aliphatic carbocycles. The maximum absolute atomic E-state index is 10.5. The Morgan fingerprint density at radius 1 is 1.41 bits per heavy atom. The molecule has 0 spiro atoms. The van der Waals surface area contributed by atoms with Crippen molar-refractivity contribution in [3.63, 3.8) is 0 Å². The highest BCUT2D eigenvalue weighted by Gasteiger charge is 2.32. The van der Waals surface area contributed by atoms with Crippen molar-refractivity contribution in [2.24, 2.45) is 0 Å². The van der Waals surface area contributed by atoms with Crippen LogP contribution in [0.15, 0.2) is 17.5 Å². The van der Waals surface area contributed by atoms with Gasteiger partial charge in [0.1, 0.15) is 0 Å².